The first-order valence-electron chi connectivity index (χ1n) is 7.59. The average Bonchev–Trinajstić information content (AvgIpc) is 2.73. The molecule has 1 aliphatic carbocycles. The second-order valence-corrected chi connectivity index (χ2v) is 5.90. The lowest BCUT2D eigenvalue weighted by molar-refractivity contribution is 0.614. The first-order chi connectivity index (χ1) is 9.75. The Morgan fingerprint density at radius 2 is 1.90 bits per heavy atom. The fraction of sp³-hybridized carbons (Fsp3) is 0.471. The van der Waals surface area contributed by atoms with Crippen molar-refractivity contribution in [1.29, 1.82) is 0 Å². The lowest BCUT2D eigenvalue weighted by Gasteiger charge is -2.09. The Bertz CT molecular complexity index is 622. The van der Waals surface area contributed by atoms with Crippen LogP contribution in [-0.4, -0.2) is 30.3 Å². The summed E-state index contributed by atoms with van der Waals surface area (Å²) in [6.45, 7) is 0. The number of aliphatic imine (C=N–C) groups is 1. The molecule has 3 heteroatoms. The predicted octanol–water partition coefficient (Wildman–Crippen LogP) is 4.05. The van der Waals surface area contributed by atoms with E-state index in [4.69, 9.17) is 0 Å². The number of aromatic amines is 1. The molecule has 20 heavy (non-hydrogen) atoms. The van der Waals surface area contributed by atoms with Gasteiger partial charge in [-0.3, -0.25) is 0 Å². The zero-order chi connectivity index (χ0) is 13.9. The highest BCUT2D eigenvalue weighted by Gasteiger charge is 2.14. The molecule has 0 fully saturated rings. The molecule has 0 atom stereocenters. The van der Waals surface area contributed by atoms with E-state index in [1.165, 1.54) is 60.7 Å². The maximum Gasteiger partial charge on any atom is 0.0908 e. The number of rotatable bonds is 2. The third-order valence-electron chi connectivity index (χ3n) is 4.04. The van der Waals surface area contributed by atoms with Crippen molar-refractivity contribution in [2.24, 2.45) is 4.99 Å². The van der Waals surface area contributed by atoms with Gasteiger partial charge in [0.2, 0.25) is 0 Å². The van der Waals surface area contributed by atoms with E-state index in [1.807, 2.05) is 25.3 Å². The molecule has 0 amide bonds. The number of hydrogen-bond acceptors (Lipinski definition) is 1. The fourth-order valence-electron chi connectivity index (χ4n) is 3.05. The van der Waals surface area contributed by atoms with Crippen molar-refractivity contribution < 1.29 is 0 Å². The van der Waals surface area contributed by atoms with E-state index in [0.29, 0.717) is 0 Å². The van der Waals surface area contributed by atoms with Crippen LogP contribution in [0.3, 0.4) is 0 Å². The van der Waals surface area contributed by atoms with Crippen molar-refractivity contribution in [3.05, 3.63) is 29.5 Å². The molecule has 1 aliphatic rings. The molecule has 1 aromatic heterocycles. The zero-order valence-corrected chi connectivity index (χ0v) is 12.4. The van der Waals surface area contributed by atoms with Gasteiger partial charge in [-0.15, -0.1) is 0 Å². The van der Waals surface area contributed by atoms with Gasteiger partial charge in [0.15, 0.2) is 0 Å². The van der Waals surface area contributed by atoms with Crippen LogP contribution in [0.1, 0.15) is 36.9 Å². The molecular weight excluding hydrogens is 246 g/mol. The van der Waals surface area contributed by atoms with E-state index in [0.717, 1.165) is 5.69 Å². The SMILES string of the molecule is CN(C)C=Nc1cccc2c3c([nH]c12)CCCCCC3. The molecule has 3 rings (SSSR count). The molecule has 0 radical (unpaired) electrons. The normalized spacial score (nSPS) is 16.1. The molecule has 0 spiro atoms. The summed E-state index contributed by atoms with van der Waals surface area (Å²) in [6.07, 6.45) is 9.59. The molecular formula is C17H23N3. The lowest BCUT2D eigenvalue weighted by atomic mass is 9.97. The summed E-state index contributed by atoms with van der Waals surface area (Å²) >= 11 is 0. The number of hydrogen-bond donors (Lipinski definition) is 1. The van der Waals surface area contributed by atoms with Crippen LogP contribution in [0.25, 0.3) is 10.9 Å². The molecule has 1 heterocycles. The van der Waals surface area contributed by atoms with Crippen LogP contribution in [-0.2, 0) is 12.8 Å². The van der Waals surface area contributed by atoms with E-state index >= 15 is 0 Å². The Hall–Kier alpha value is -1.77. The fourth-order valence-corrected chi connectivity index (χ4v) is 3.05. The Balaban J connectivity index is 2.08. The van der Waals surface area contributed by atoms with E-state index in [-0.39, 0.29) is 0 Å². The van der Waals surface area contributed by atoms with Crippen LogP contribution in [0, 0.1) is 0 Å². The quantitative estimate of drug-likeness (QED) is 0.647. The van der Waals surface area contributed by atoms with Crippen LogP contribution in [0.4, 0.5) is 5.69 Å². The maximum atomic E-state index is 4.59. The highest BCUT2D eigenvalue weighted by Crippen LogP contribution is 2.32. The Labute approximate surface area is 120 Å². The van der Waals surface area contributed by atoms with Crippen molar-refractivity contribution in [2.75, 3.05) is 14.1 Å². The first kappa shape index (κ1) is 13.2. The van der Waals surface area contributed by atoms with Crippen LogP contribution in [0.5, 0.6) is 0 Å². The van der Waals surface area contributed by atoms with E-state index in [9.17, 15) is 0 Å². The van der Waals surface area contributed by atoms with Crippen LogP contribution in [0.2, 0.25) is 0 Å². The third kappa shape index (κ3) is 2.58. The number of aromatic nitrogens is 1. The summed E-state index contributed by atoms with van der Waals surface area (Å²) in [4.78, 5) is 10.2. The number of aryl methyl sites for hydroxylation is 2. The Kier molecular flexibility index (Phi) is 3.77. The molecule has 106 valence electrons. The highest BCUT2D eigenvalue weighted by molar-refractivity contribution is 5.94. The molecule has 1 N–H and O–H groups in total. The number of para-hydroxylation sites is 1. The van der Waals surface area contributed by atoms with Crippen molar-refractivity contribution in [3.63, 3.8) is 0 Å². The number of H-pyrrole nitrogens is 1. The number of fused-ring (bicyclic) bond motifs is 3. The summed E-state index contributed by atoms with van der Waals surface area (Å²) < 4.78 is 0. The van der Waals surface area contributed by atoms with Gasteiger partial charge < -0.3 is 9.88 Å². The number of benzene rings is 1. The monoisotopic (exact) mass is 269 g/mol. The molecule has 2 aromatic rings. The molecule has 3 nitrogen and oxygen atoms in total. The summed E-state index contributed by atoms with van der Waals surface area (Å²) in [6, 6.07) is 6.45. The highest BCUT2D eigenvalue weighted by atomic mass is 15.1. The van der Waals surface area contributed by atoms with Crippen molar-refractivity contribution in [2.45, 2.75) is 38.5 Å². The minimum absolute atomic E-state index is 1.04. The minimum Gasteiger partial charge on any atom is -0.369 e. The summed E-state index contributed by atoms with van der Waals surface area (Å²) in [7, 11) is 4.00. The van der Waals surface area contributed by atoms with Gasteiger partial charge in [-0.2, -0.15) is 0 Å². The van der Waals surface area contributed by atoms with Gasteiger partial charge >= 0.3 is 0 Å². The van der Waals surface area contributed by atoms with Gasteiger partial charge in [-0.25, -0.2) is 4.99 Å². The average molecular weight is 269 g/mol. The second-order valence-electron chi connectivity index (χ2n) is 5.90. The minimum atomic E-state index is 1.04. The van der Waals surface area contributed by atoms with Crippen LogP contribution < -0.4 is 0 Å². The predicted molar refractivity (Wildman–Crippen MR) is 86.0 cm³/mol. The summed E-state index contributed by atoms with van der Waals surface area (Å²) in [5, 5.41) is 1.37. The van der Waals surface area contributed by atoms with Gasteiger partial charge in [0.25, 0.3) is 0 Å². The van der Waals surface area contributed by atoms with Crippen molar-refractivity contribution >= 4 is 22.9 Å². The second kappa shape index (κ2) is 5.70. The number of nitrogens with one attached hydrogen (secondary N) is 1. The molecule has 0 aliphatic heterocycles. The van der Waals surface area contributed by atoms with Crippen LogP contribution in [0.15, 0.2) is 23.2 Å². The van der Waals surface area contributed by atoms with Gasteiger partial charge in [0.05, 0.1) is 17.5 Å². The van der Waals surface area contributed by atoms with Crippen molar-refractivity contribution in [1.82, 2.24) is 9.88 Å². The van der Waals surface area contributed by atoms with Crippen LogP contribution >= 0.6 is 0 Å². The number of nitrogens with zero attached hydrogens (tertiary/aromatic N) is 2. The van der Waals surface area contributed by atoms with Gasteiger partial charge in [0.1, 0.15) is 0 Å². The largest absolute Gasteiger partial charge is 0.369 e. The smallest absolute Gasteiger partial charge is 0.0908 e. The molecule has 0 saturated carbocycles. The van der Waals surface area contributed by atoms with Gasteiger partial charge in [0, 0.05) is 25.2 Å². The van der Waals surface area contributed by atoms with E-state index < -0.39 is 0 Å². The molecule has 0 bridgehead atoms. The topological polar surface area (TPSA) is 31.4 Å². The Morgan fingerprint density at radius 1 is 1.10 bits per heavy atom. The zero-order valence-electron chi connectivity index (χ0n) is 12.4. The standard InChI is InChI=1S/C17H23N3/c1-20(2)12-18-16-11-7-9-14-13-8-5-3-4-6-10-15(13)19-17(14)16/h7,9,11-12,19H,3-6,8,10H2,1-2H3. The molecule has 0 saturated heterocycles. The first-order valence-corrected chi connectivity index (χ1v) is 7.59. The van der Waals surface area contributed by atoms with E-state index in [2.05, 4.69) is 28.2 Å². The van der Waals surface area contributed by atoms with Crippen molar-refractivity contribution in [3.8, 4) is 0 Å². The summed E-state index contributed by atoms with van der Waals surface area (Å²) in [5.41, 5.74) is 5.22. The Morgan fingerprint density at radius 3 is 2.70 bits per heavy atom. The molecule has 1 aromatic carbocycles. The van der Waals surface area contributed by atoms with E-state index in [1.54, 1.807) is 0 Å². The molecule has 0 unspecified atom stereocenters. The van der Waals surface area contributed by atoms with Gasteiger partial charge in [-0.1, -0.05) is 25.0 Å². The summed E-state index contributed by atoms with van der Waals surface area (Å²) in [5.74, 6) is 0. The lowest BCUT2D eigenvalue weighted by Crippen LogP contribution is -2.06. The maximum absolute atomic E-state index is 4.59. The third-order valence-corrected chi connectivity index (χ3v) is 4.04. The van der Waals surface area contributed by atoms with Gasteiger partial charge in [-0.05, 0) is 37.3 Å².